The van der Waals surface area contributed by atoms with Gasteiger partial charge in [-0.1, -0.05) is 31.5 Å². The quantitative estimate of drug-likeness (QED) is 0.717. The molecular formula is C20H25ClN2O3S. The van der Waals surface area contributed by atoms with Crippen molar-refractivity contribution in [3.05, 3.63) is 58.1 Å². The first-order valence-corrected chi connectivity index (χ1v) is 10.6. The van der Waals surface area contributed by atoms with Crippen molar-refractivity contribution >= 4 is 33.2 Å². The summed E-state index contributed by atoms with van der Waals surface area (Å²) >= 11 is 6.23. The topological polar surface area (TPSA) is 57.7 Å². The fourth-order valence-corrected chi connectivity index (χ4v) is 4.67. The van der Waals surface area contributed by atoms with Crippen molar-refractivity contribution in [2.75, 3.05) is 25.0 Å². The molecule has 0 aromatic heterocycles. The minimum Gasteiger partial charge on any atom is -0.311 e. The fourth-order valence-electron chi connectivity index (χ4n) is 2.98. The summed E-state index contributed by atoms with van der Waals surface area (Å²) in [6.45, 7) is 8.17. The molecule has 0 unspecified atom stereocenters. The first-order chi connectivity index (χ1) is 12.6. The van der Waals surface area contributed by atoms with E-state index >= 15 is 0 Å². The lowest BCUT2D eigenvalue weighted by Crippen LogP contribution is -2.31. The molecule has 0 spiro atoms. The van der Waals surface area contributed by atoms with E-state index in [1.54, 1.807) is 20.9 Å². The SMILES string of the molecule is CCN(CC)S(=O)(=O)c1ccc(Cl)c(C(=O)N(C)c2cc(C)cc(C)c2)c1. The number of anilines is 1. The minimum atomic E-state index is -3.67. The van der Waals surface area contributed by atoms with Crippen molar-refractivity contribution in [3.63, 3.8) is 0 Å². The van der Waals surface area contributed by atoms with Crippen LogP contribution >= 0.6 is 11.6 Å². The highest BCUT2D eigenvalue weighted by Gasteiger charge is 2.25. The van der Waals surface area contributed by atoms with E-state index in [2.05, 4.69) is 0 Å². The normalized spacial score (nSPS) is 11.7. The van der Waals surface area contributed by atoms with E-state index in [1.807, 2.05) is 32.0 Å². The monoisotopic (exact) mass is 408 g/mol. The molecule has 7 heteroatoms. The predicted molar refractivity (Wildman–Crippen MR) is 110 cm³/mol. The Labute approximate surface area is 166 Å². The van der Waals surface area contributed by atoms with Crippen LogP contribution in [0.1, 0.15) is 35.3 Å². The van der Waals surface area contributed by atoms with Crippen molar-refractivity contribution in [2.24, 2.45) is 0 Å². The first kappa shape index (κ1) is 21.4. The molecule has 2 aromatic rings. The van der Waals surface area contributed by atoms with Gasteiger partial charge in [-0.25, -0.2) is 8.42 Å². The van der Waals surface area contributed by atoms with Crippen LogP contribution in [0.2, 0.25) is 5.02 Å². The molecule has 0 saturated heterocycles. The molecule has 2 aromatic carbocycles. The lowest BCUT2D eigenvalue weighted by molar-refractivity contribution is 0.0993. The molecule has 0 fully saturated rings. The van der Waals surface area contributed by atoms with Crippen molar-refractivity contribution < 1.29 is 13.2 Å². The fraction of sp³-hybridized carbons (Fsp3) is 0.350. The van der Waals surface area contributed by atoms with Crippen LogP contribution in [-0.4, -0.2) is 38.8 Å². The smallest absolute Gasteiger partial charge is 0.259 e. The van der Waals surface area contributed by atoms with Crippen LogP contribution in [-0.2, 0) is 10.0 Å². The van der Waals surface area contributed by atoms with E-state index in [1.165, 1.54) is 27.4 Å². The Morgan fingerprint density at radius 3 is 2.07 bits per heavy atom. The molecule has 0 saturated carbocycles. The number of carbonyl (C=O) groups is 1. The molecule has 0 aliphatic carbocycles. The second-order valence-electron chi connectivity index (χ2n) is 6.44. The van der Waals surface area contributed by atoms with Gasteiger partial charge in [-0.15, -0.1) is 0 Å². The van der Waals surface area contributed by atoms with Crippen LogP contribution in [0.5, 0.6) is 0 Å². The van der Waals surface area contributed by atoms with Gasteiger partial charge in [0.05, 0.1) is 15.5 Å². The molecule has 2 rings (SSSR count). The van der Waals surface area contributed by atoms with Crippen LogP contribution in [0.25, 0.3) is 0 Å². The summed E-state index contributed by atoms with van der Waals surface area (Å²) < 4.78 is 26.9. The third-order valence-electron chi connectivity index (χ3n) is 4.41. The number of sulfonamides is 1. The molecule has 0 atom stereocenters. The average Bonchev–Trinajstić information content (AvgIpc) is 2.60. The largest absolute Gasteiger partial charge is 0.311 e. The van der Waals surface area contributed by atoms with Gasteiger partial charge in [-0.2, -0.15) is 4.31 Å². The second kappa shape index (κ2) is 8.42. The molecule has 0 bridgehead atoms. The summed E-state index contributed by atoms with van der Waals surface area (Å²) in [5, 5.41) is 0.217. The van der Waals surface area contributed by atoms with Gasteiger partial charge < -0.3 is 4.90 Å². The number of nitrogens with zero attached hydrogens (tertiary/aromatic N) is 2. The van der Waals surface area contributed by atoms with Crippen LogP contribution in [0, 0.1) is 13.8 Å². The molecule has 146 valence electrons. The maximum absolute atomic E-state index is 13.0. The molecule has 0 heterocycles. The highest BCUT2D eigenvalue weighted by atomic mass is 35.5. The molecule has 0 N–H and O–H groups in total. The second-order valence-corrected chi connectivity index (χ2v) is 8.79. The Morgan fingerprint density at radius 1 is 1.00 bits per heavy atom. The van der Waals surface area contributed by atoms with E-state index in [0.717, 1.165) is 16.8 Å². The first-order valence-electron chi connectivity index (χ1n) is 8.77. The number of benzene rings is 2. The average molecular weight is 409 g/mol. The summed E-state index contributed by atoms with van der Waals surface area (Å²) in [5.74, 6) is -0.360. The molecule has 0 radical (unpaired) electrons. The molecule has 0 aliphatic rings. The summed E-state index contributed by atoms with van der Waals surface area (Å²) in [6.07, 6.45) is 0. The number of aryl methyl sites for hydroxylation is 2. The third kappa shape index (κ3) is 4.51. The Kier molecular flexibility index (Phi) is 6.68. The van der Waals surface area contributed by atoms with Gasteiger partial charge in [0.1, 0.15) is 0 Å². The van der Waals surface area contributed by atoms with Crippen LogP contribution in [0.4, 0.5) is 5.69 Å². The van der Waals surface area contributed by atoms with E-state index < -0.39 is 10.0 Å². The Morgan fingerprint density at radius 2 is 1.56 bits per heavy atom. The number of carbonyl (C=O) groups excluding carboxylic acids is 1. The molecule has 27 heavy (non-hydrogen) atoms. The number of hydrogen-bond acceptors (Lipinski definition) is 3. The molecule has 5 nitrogen and oxygen atoms in total. The van der Waals surface area contributed by atoms with E-state index in [4.69, 9.17) is 11.6 Å². The van der Waals surface area contributed by atoms with Gasteiger partial charge in [0.2, 0.25) is 10.0 Å². The number of rotatable bonds is 6. The van der Waals surface area contributed by atoms with E-state index in [0.29, 0.717) is 13.1 Å². The summed E-state index contributed by atoms with van der Waals surface area (Å²) in [6, 6.07) is 10.1. The van der Waals surface area contributed by atoms with Crippen LogP contribution in [0.15, 0.2) is 41.3 Å². The lowest BCUT2D eigenvalue weighted by Gasteiger charge is -2.21. The highest BCUT2D eigenvalue weighted by Crippen LogP contribution is 2.26. The standard InChI is InChI=1S/C20H25ClN2O3S/c1-6-23(7-2)27(25,26)17-8-9-19(21)18(13-17)20(24)22(5)16-11-14(3)10-15(4)12-16/h8-13H,6-7H2,1-5H3. The number of amides is 1. The van der Waals surface area contributed by atoms with Crippen molar-refractivity contribution in [1.82, 2.24) is 4.31 Å². The Hall–Kier alpha value is -1.89. The van der Waals surface area contributed by atoms with Gasteiger partial charge in [0, 0.05) is 25.8 Å². The van der Waals surface area contributed by atoms with Crippen LogP contribution < -0.4 is 4.90 Å². The van der Waals surface area contributed by atoms with E-state index in [9.17, 15) is 13.2 Å². The van der Waals surface area contributed by atoms with Gasteiger partial charge in [0.15, 0.2) is 0 Å². The van der Waals surface area contributed by atoms with E-state index in [-0.39, 0.29) is 21.4 Å². The zero-order chi connectivity index (χ0) is 20.4. The third-order valence-corrected chi connectivity index (χ3v) is 6.79. The highest BCUT2D eigenvalue weighted by molar-refractivity contribution is 7.89. The number of halogens is 1. The summed E-state index contributed by atoms with van der Waals surface area (Å²) in [5.41, 5.74) is 2.96. The summed E-state index contributed by atoms with van der Waals surface area (Å²) in [7, 11) is -2.02. The number of hydrogen-bond donors (Lipinski definition) is 0. The maximum Gasteiger partial charge on any atom is 0.259 e. The van der Waals surface area contributed by atoms with Gasteiger partial charge >= 0.3 is 0 Å². The summed E-state index contributed by atoms with van der Waals surface area (Å²) in [4.78, 5) is 14.6. The zero-order valence-corrected chi connectivity index (χ0v) is 17.9. The molecule has 1 amide bonds. The van der Waals surface area contributed by atoms with Crippen molar-refractivity contribution in [2.45, 2.75) is 32.6 Å². The van der Waals surface area contributed by atoms with Gasteiger partial charge in [0.25, 0.3) is 5.91 Å². The molecule has 0 aliphatic heterocycles. The Bertz CT molecular complexity index is 933. The molecular weight excluding hydrogens is 384 g/mol. The predicted octanol–water partition coefficient (Wildman–Crippen LogP) is 4.26. The van der Waals surface area contributed by atoms with Gasteiger partial charge in [-0.05, 0) is 55.3 Å². The minimum absolute atomic E-state index is 0.0628. The lowest BCUT2D eigenvalue weighted by atomic mass is 10.1. The van der Waals surface area contributed by atoms with Crippen molar-refractivity contribution in [1.29, 1.82) is 0 Å². The van der Waals surface area contributed by atoms with Crippen molar-refractivity contribution in [3.8, 4) is 0 Å². The Balaban J connectivity index is 2.47. The van der Waals surface area contributed by atoms with Crippen LogP contribution in [0.3, 0.4) is 0 Å². The zero-order valence-electron chi connectivity index (χ0n) is 16.3. The maximum atomic E-state index is 13.0. The van der Waals surface area contributed by atoms with Gasteiger partial charge in [-0.3, -0.25) is 4.79 Å².